The lowest BCUT2D eigenvalue weighted by Crippen LogP contribution is -2.35. The van der Waals surface area contributed by atoms with E-state index in [9.17, 15) is 17.6 Å². The van der Waals surface area contributed by atoms with Crippen LogP contribution in [0.25, 0.3) is 0 Å². The molecule has 0 spiro atoms. The minimum absolute atomic E-state index is 0.108. The summed E-state index contributed by atoms with van der Waals surface area (Å²) in [5, 5.41) is 2.65. The zero-order valence-corrected chi connectivity index (χ0v) is 14.2. The van der Waals surface area contributed by atoms with Crippen molar-refractivity contribution in [3.05, 3.63) is 71.5 Å². The molecule has 1 unspecified atom stereocenters. The summed E-state index contributed by atoms with van der Waals surface area (Å²) in [5.41, 5.74) is 1.26. The molecule has 2 rings (SSSR count). The SMILES string of the molecule is CCS(=O)(=O)CC(=O)NC(Cc1ccccc1)c1ccccc1F. The number of nitrogens with one attached hydrogen (secondary N) is 1. The van der Waals surface area contributed by atoms with Gasteiger partial charge in [0.2, 0.25) is 5.91 Å². The fraction of sp³-hybridized carbons (Fsp3) is 0.278. The highest BCUT2D eigenvalue weighted by Gasteiger charge is 2.21. The molecule has 0 saturated carbocycles. The summed E-state index contributed by atoms with van der Waals surface area (Å²) in [7, 11) is -3.44. The Bertz CT molecular complexity index is 791. The maximum Gasteiger partial charge on any atom is 0.235 e. The van der Waals surface area contributed by atoms with Crippen LogP contribution >= 0.6 is 0 Å². The monoisotopic (exact) mass is 349 g/mol. The molecule has 4 nitrogen and oxygen atoms in total. The molecular weight excluding hydrogens is 329 g/mol. The van der Waals surface area contributed by atoms with E-state index in [0.717, 1.165) is 5.56 Å². The number of rotatable bonds is 7. The highest BCUT2D eigenvalue weighted by molar-refractivity contribution is 7.92. The second-order valence-electron chi connectivity index (χ2n) is 5.51. The van der Waals surface area contributed by atoms with Crippen LogP contribution in [0.3, 0.4) is 0 Å². The van der Waals surface area contributed by atoms with Crippen molar-refractivity contribution in [2.75, 3.05) is 11.5 Å². The lowest BCUT2D eigenvalue weighted by Gasteiger charge is -2.20. The fourth-order valence-corrected chi connectivity index (χ4v) is 3.07. The standard InChI is InChI=1S/C18H20FNO3S/c1-2-24(22,23)13-18(21)20-17(12-14-8-4-3-5-9-14)15-10-6-7-11-16(15)19/h3-11,17H,2,12-13H2,1H3,(H,20,21). The van der Waals surface area contributed by atoms with E-state index in [1.165, 1.54) is 13.0 Å². The van der Waals surface area contributed by atoms with Crippen LogP contribution in [0.4, 0.5) is 4.39 Å². The van der Waals surface area contributed by atoms with Crippen molar-refractivity contribution in [3.63, 3.8) is 0 Å². The van der Waals surface area contributed by atoms with E-state index < -0.39 is 33.4 Å². The van der Waals surface area contributed by atoms with E-state index >= 15 is 0 Å². The number of hydrogen-bond donors (Lipinski definition) is 1. The molecule has 6 heteroatoms. The molecule has 24 heavy (non-hydrogen) atoms. The summed E-state index contributed by atoms with van der Waals surface area (Å²) in [6.45, 7) is 1.49. The van der Waals surface area contributed by atoms with Crippen LogP contribution in [0.1, 0.15) is 24.1 Å². The van der Waals surface area contributed by atoms with Crippen molar-refractivity contribution in [3.8, 4) is 0 Å². The molecule has 0 fully saturated rings. The van der Waals surface area contributed by atoms with Crippen molar-refractivity contribution in [1.82, 2.24) is 5.32 Å². The van der Waals surface area contributed by atoms with Crippen LogP contribution in [0.15, 0.2) is 54.6 Å². The summed E-state index contributed by atoms with van der Waals surface area (Å²) in [6, 6.07) is 14.9. The third-order valence-electron chi connectivity index (χ3n) is 3.69. The molecule has 1 amide bonds. The average Bonchev–Trinajstić information content (AvgIpc) is 2.55. The van der Waals surface area contributed by atoms with Crippen molar-refractivity contribution in [2.45, 2.75) is 19.4 Å². The summed E-state index contributed by atoms with van der Waals surface area (Å²) >= 11 is 0. The first kappa shape index (κ1) is 18.1. The molecule has 2 aromatic carbocycles. The van der Waals surface area contributed by atoms with E-state index in [1.807, 2.05) is 30.3 Å². The second-order valence-corrected chi connectivity index (χ2v) is 7.86. The highest BCUT2D eigenvalue weighted by Crippen LogP contribution is 2.21. The van der Waals surface area contributed by atoms with Crippen LogP contribution in [0.5, 0.6) is 0 Å². The Kier molecular flexibility index (Phi) is 6.09. The summed E-state index contributed by atoms with van der Waals surface area (Å²) < 4.78 is 37.4. The van der Waals surface area contributed by atoms with Crippen LogP contribution in [-0.4, -0.2) is 25.8 Å². The molecule has 0 aliphatic rings. The van der Waals surface area contributed by atoms with Crippen LogP contribution in [0.2, 0.25) is 0 Å². The first-order chi connectivity index (χ1) is 11.4. The molecule has 0 radical (unpaired) electrons. The predicted molar refractivity (Wildman–Crippen MR) is 91.8 cm³/mol. The Morgan fingerprint density at radius 1 is 1.08 bits per heavy atom. The third kappa shape index (κ3) is 5.16. The smallest absolute Gasteiger partial charge is 0.235 e. The van der Waals surface area contributed by atoms with Gasteiger partial charge in [0.15, 0.2) is 9.84 Å². The molecule has 0 aromatic heterocycles. The summed E-state index contributed by atoms with van der Waals surface area (Å²) in [5.74, 6) is -1.76. The summed E-state index contributed by atoms with van der Waals surface area (Å²) in [6.07, 6.45) is 0.375. The maximum atomic E-state index is 14.1. The zero-order chi connectivity index (χ0) is 17.6. The largest absolute Gasteiger partial charge is 0.348 e. The molecule has 0 aliphatic carbocycles. The Morgan fingerprint density at radius 2 is 1.71 bits per heavy atom. The van der Waals surface area contributed by atoms with E-state index in [-0.39, 0.29) is 5.75 Å². The van der Waals surface area contributed by atoms with Gasteiger partial charge in [-0.3, -0.25) is 4.79 Å². The van der Waals surface area contributed by atoms with Crippen molar-refractivity contribution in [2.24, 2.45) is 0 Å². The fourth-order valence-electron chi connectivity index (χ4n) is 2.38. The van der Waals surface area contributed by atoms with Gasteiger partial charge >= 0.3 is 0 Å². The molecule has 0 saturated heterocycles. The molecule has 1 atom stereocenters. The quantitative estimate of drug-likeness (QED) is 0.836. The first-order valence-electron chi connectivity index (χ1n) is 7.69. The van der Waals surface area contributed by atoms with E-state index in [4.69, 9.17) is 0 Å². The molecule has 0 heterocycles. The van der Waals surface area contributed by atoms with E-state index in [0.29, 0.717) is 12.0 Å². The molecule has 1 N–H and O–H groups in total. The number of benzene rings is 2. The van der Waals surface area contributed by atoms with Gasteiger partial charge in [0.05, 0.1) is 6.04 Å². The van der Waals surface area contributed by atoms with Gasteiger partial charge in [0.1, 0.15) is 11.6 Å². The highest BCUT2D eigenvalue weighted by atomic mass is 32.2. The predicted octanol–water partition coefficient (Wildman–Crippen LogP) is 2.66. The minimum atomic E-state index is -3.44. The van der Waals surface area contributed by atoms with Gasteiger partial charge in [-0.2, -0.15) is 0 Å². The number of carbonyl (C=O) groups excluding carboxylic acids is 1. The van der Waals surface area contributed by atoms with E-state index in [2.05, 4.69) is 5.32 Å². The lowest BCUT2D eigenvalue weighted by molar-refractivity contribution is -0.119. The van der Waals surface area contributed by atoms with Gasteiger partial charge in [-0.15, -0.1) is 0 Å². The van der Waals surface area contributed by atoms with Crippen molar-refractivity contribution >= 4 is 15.7 Å². The van der Waals surface area contributed by atoms with Gasteiger partial charge in [-0.05, 0) is 18.1 Å². The number of hydrogen-bond acceptors (Lipinski definition) is 3. The van der Waals surface area contributed by atoms with Gasteiger partial charge in [0.25, 0.3) is 0 Å². The molecule has 0 aliphatic heterocycles. The molecular formula is C18H20FNO3S. The normalized spacial score (nSPS) is 12.6. The van der Waals surface area contributed by atoms with Gasteiger partial charge in [-0.1, -0.05) is 55.5 Å². The zero-order valence-electron chi connectivity index (χ0n) is 13.4. The van der Waals surface area contributed by atoms with Gasteiger partial charge in [0, 0.05) is 11.3 Å². The van der Waals surface area contributed by atoms with Crippen LogP contribution < -0.4 is 5.32 Å². The minimum Gasteiger partial charge on any atom is -0.348 e. The van der Waals surface area contributed by atoms with Crippen LogP contribution in [0, 0.1) is 5.82 Å². The topological polar surface area (TPSA) is 63.2 Å². The Labute approximate surface area is 141 Å². The second kappa shape index (κ2) is 8.06. The summed E-state index contributed by atoms with van der Waals surface area (Å²) in [4.78, 5) is 12.1. The average molecular weight is 349 g/mol. The van der Waals surface area contributed by atoms with E-state index in [1.54, 1.807) is 18.2 Å². The number of carbonyl (C=O) groups is 1. The Balaban J connectivity index is 2.23. The molecule has 128 valence electrons. The van der Waals surface area contributed by atoms with Gasteiger partial charge in [-0.25, -0.2) is 12.8 Å². The molecule has 2 aromatic rings. The van der Waals surface area contributed by atoms with Crippen molar-refractivity contribution < 1.29 is 17.6 Å². The maximum absolute atomic E-state index is 14.1. The number of amides is 1. The Hall–Kier alpha value is -2.21. The van der Waals surface area contributed by atoms with Gasteiger partial charge < -0.3 is 5.32 Å². The number of sulfone groups is 1. The molecule has 0 bridgehead atoms. The Morgan fingerprint density at radius 3 is 2.33 bits per heavy atom. The van der Waals surface area contributed by atoms with Crippen molar-refractivity contribution in [1.29, 1.82) is 0 Å². The first-order valence-corrected chi connectivity index (χ1v) is 9.51. The lowest BCUT2D eigenvalue weighted by atomic mass is 9.98. The number of halogens is 1. The third-order valence-corrected chi connectivity index (χ3v) is 5.27. The van der Waals surface area contributed by atoms with Crippen LogP contribution in [-0.2, 0) is 21.1 Å².